The van der Waals surface area contributed by atoms with E-state index >= 15 is 0 Å². The second kappa shape index (κ2) is 7.31. The Bertz CT molecular complexity index is 389. The summed E-state index contributed by atoms with van der Waals surface area (Å²) >= 11 is 1.60. The van der Waals surface area contributed by atoms with E-state index in [-0.39, 0.29) is 5.91 Å². The third-order valence-electron chi connectivity index (χ3n) is 2.55. The van der Waals surface area contributed by atoms with E-state index in [1.54, 1.807) is 31.6 Å². The first-order valence-corrected chi connectivity index (χ1v) is 6.56. The van der Waals surface area contributed by atoms with Crippen LogP contribution in [0.25, 0.3) is 6.08 Å². The van der Waals surface area contributed by atoms with Crippen molar-refractivity contribution >= 4 is 23.3 Å². The minimum atomic E-state index is -0.499. The summed E-state index contributed by atoms with van der Waals surface area (Å²) in [4.78, 5) is 11.6. The summed E-state index contributed by atoms with van der Waals surface area (Å²) in [6, 6.07) is 1.96. The second-order valence-corrected chi connectivity index (χ2v) is 4.97. The van der Waals surface area contributed by atoms with Crippen LogP contribution < -0.4 is 5.32 Å². The Hall–Kier alpha value is -1.17. The molecule has 0 aliphatic rings. The molecule has 1 aromatic heterocycles. The van der Waals surface area contributed by atoms with Gasteiger partial charge >= 0.3 is 0 Å². The lowest BCUT2D eigenvalue weighted by molar-refractivity contribution is -0.118. The molecule has 0 radical (unpaired) electrons. The largest absolute Gasteiger partial charge is 0.382 e. The van der Waals surface area contributed by atoms with Crippen molar-refractivity contribution in [2.45, 2.75) is 12.5 Å². The molecule has 1 amide bonds. The molecule has 5 heteroatoms. The van der Waals surface area contributed by atoms with Gasteiger partial charge < -0.3 is 14.8 Å². The van der Waals surface area contributed by atoms with Crippen LogP contribution in [-0.4, -0.2) is 38.9 Å². The highest BCUT2D eigenvalue weighted by Gasteiger charge is 2.23. The molecule has 0 spiro atoms. The number of thiophene rings is 1. The van der Waals surface area contributed by atoms with Gasteiger partial charge in [-0.25, -0.2) is 0 Å². The number of hydrogen-bond donors (Lipinski definition) is 1. The number of carbonyl (C=O) groups is 1. The van der Waals surface area contributed by atoms with E-state index in [1.807, 2.05) is 23.8 Å². The minimum absolute atomic E-state index is 0.138. The van der Waals surface area contributed by atoms with Crippen molar-refractivity contribution < 1.29 is 14.3 Å². The Morgan fingerprint density at radius 1 is 1.56 bits per heavy atom. The zero-order valence-electron chi connectivity index (χ0n) is 10.9. The fourth-order valence-electron chi connectivity index (χ4n) is 1.36. The van der Waals surface area contributed by atoms with Crippen LogP contribution >= 0.6 is 11.3 Å². The normalized spacial score (nSPS) is 14.6. The lowest BCUT2D eigenvalue weighted by Crippen LogP contribution is -2.45. The van der Waals surface area contributed by atoms with Crippen LogP contribution in [0.2, 0.25) is 0 Å². The van der Waals surface area contributed by atoms with Gasteiger partial charge in [-0.15, -0.1) is 0 Å². The Morgan fingerprint density at radius 3 is 2.89 bits per heavy atom. The number of ether oxygens (including phenoxy) is 2. The zero-order valence-corrected chi connectivity index (χ0v) is 11.8. The highest BCUT2D eigenvalue weighted by Crippen LogP contribution is 2.09. The van der Waals surface area contributed by atoms with Crippen LogP contribution in [0.5, 0.6) is 0 Å². The van der Waals surface area contributed by atoms with Gasteiger partial charge in [-0.1, -0.05) is 0 Å². The first-order chi connectivity index (χ1) is 8.59. The van der Waals surface area contributed by atoms with E-state index < -0.39 is 5.60 Å². The molecule has 0 aromatic carbocycles. The van der Waals surface area contributed by atoms with Crippen LogP contribution in [0, 0.1) is 0 Å². The van der Waals surface area contributed by atoms with Crippen LogP contribution in [0.1, 0.15) is 12.5 Å². The van der Waals surface area contributed by atoms with E-state index in [4.69, 9.17) is 9.47 Å². The van der Waals surface area contributed by atoms with Gasteiger partial charge in [0.15, 0.2) is 0 Å². The molecular weight excluding hydrogens is 250 g/mol. The Labute approximate surface area is 112 Å². The van der Waals surface area contributed by atoms with E-state index in [9.17, 15) is 4.79 Å². The standard InChI is InChI=1S/C13H19NO3S/c1-13(17-3,10-16-2)9-14-12(15)5-4-11-6-7-18-8-11/h4-8H,9-10H2,1-3H3,(H,14,15)/b5-4+/t13-/m0/s1. The molecule has 0 saturated heterocycles. The minimum Gasteiger partial charge on any atom is -0.382 e. The molecule has 0 saturated carbocycles. The van der Waals surface area contributed by atoms with Crippen LogP contribution in [-0.2, 0) is 14.3 Å². The van der Waals surface area contributed by atoms with Crippen molar-refractivity contribution in [1.82, 2.24) is 5.32 Å². The molecule has 18 heavy (non-hydrogen) atoms. The number of rotatable bonds is 7. The van der Waals surface area contributed by atoms with Gasteiger partial charge in [0, 0.05) is 26.8 Å². The maximum absolute atomic E-state index is 11.6. The fraction of sp³-hybridized carbons (Fsp3) is 0.462. The first-order valence-electron chi connectivity index (χ1n) is 5.62. The number of nitrogens with one attached hydrogen (secondary N) is 1. The molecule has 0 aliphatic carbocycles. The van der Waals surface area contributed by atoms with Crippen LogP contribution in [0.15, 0.2) is 22.9 Å². The number of hydrogen-bond acceptors (Lipinski definition) is 4. The Morgan fingerprint density at radius 2 is 2.33 bits per heavy atom. The lowest BCUT2D eigenvalue weighted by atomic mass is 10.1. The van der Waals surface area contributed by atoms with E-state index in [0.29, 0.717) is 13.2 Å². The molecule has 1 atom stereocenters. The predicted octanol–water partition coefficient (Wildman–Crippen LogP) is 1.93. The molecular formula is C13H19NO3S. The topological polar surface area (TPSA) is 47.6 Å². The van der Waals surface area contributed by atoms with Gasteiger partial charge in [0.1, 0.15) is 5.60 Å². The van der Waals surface area contributed by atoms with Gasteiger partial charge in [-0.2, -0.15) is 11.3 Å². The summed E-state index contributed by atoms with van der Waals surface area (Å²) in [5.41, 5.74) is 0.530. The van der Waals surface area contributed by atoms with Crippen LogP contribution in [0.4, 0.5) is 0 Å². The third kappa shape index (κ3) is 5.00. The maximum atomic E-state index is 11.6. The predicted molar refractivity (Wildman–Crippen MR) is 73.7 cm³/mol. The smallest absolute Gasteiger partial charge is 0.244 e. The highest BCUT2D eigenvalue weighted by molar-refractivity contribution is 7.08. The first kappa shape index (κ1) is 14.9. The van der Waals surface area contributed by atoms with Gasteiger partial charge in [0.05, 0.1) is 6.61 Å². The van der Waals surface area contributed by atoms with Crippen LogP contribution in [0.3, 0.4) is 0 Å². The van der Waals surface area contributed by atoms with Gasteiger partial charge in [0.2, 0.25) is 5.91 Å². The monoisotopic (exact) mass is 269 g/mol. The lowest BCUT2D eigenvalue weighted by Gasteiger charge is -2.27. The summed E-state index contributed by atoms with van der Waals surface area (Å²) in [6.07, 6.45) is 3.30. The molecule has 1 rings (SSSR count). The van der Waals surface area contributed by atoms with Crippen molar-refractivity contribution in [3.63, 3.8) is 0 Å². The average Bonchev–Trinajstić information content (AvgIpc) is 2.87. The van der Waals surface area contributed by atoms with Gasteiger partial charge in [-0.05, 0) is 35.4 Å². The molecule has 1 aromatic rings. The third-order valence-corrected chi connectivity index (χ3v) is 3.25. The molecule has 0 bridgehead atoms. The van der Waals surface area contributed by atoms with Crippen molar-refractivity contribution in [3.8, 4) is 0 Å². The number of methoxy groups -OCH3 is 2. The van der Waals surface area contributed by atoms with Crippen molar-refractivity contribution in [2.75, 3.05) is 27.4 Å². The van der Waals surface area contributed by atoms with E-state index in [2.05, 4.69) is 5.32 Å². The molecule has 4 nitrogen and oxygen atoms in total. The van der Waals surface area contributed by atoms with Crippen molar-refractivity contribution in [3.05, 3.63) is 28.5 Å². The fourth-order valence-corrected chi connectivity index (χ4v) is 1.99. The van der Waals surface area contributed by atoms with Gasteiger partial charge in [-0.3, -0.25) is 4.79 Å². The van der Waals surface area contributed by atoms with Crippen molar-refractivity contribution in [1.29, 1.82) is 0 Å². The summed E-state index contributed by atoms with van der Waals surface area (Å²) in [6.45, 7) is 2.72. The average molecular weight is 269 g/mol. The molecule has 1 heterocycles. The molecule has 0 aliphatic heterocycles. The number of carbonyl (C=O) groups excluding carboxylic acids is 1. The number of amides is 1. The van der Waals surface area contributed by atoms with E-state index in [0.717, 1.165) is 5.56 Å². The Kier molecular flexibility index (Phi) is 6.04. The SMILES string of the molecule is COC[C@](C)(CNC(=O)/C=C/c1ccsc1)OC. The summed E-state index contributed by atoms with van der Waals surface area (Å²) in [5, 5.41) is 6.74. The molecule has 0 fully saturated rings. The highest BCUT2D eigenvalue weighted by atomic mass is 32.1. The van der Waals surface area contributed by atoms with Crippen molar-refractivity contribution in [2.24, 2.45) is 0 Å². The molecule has 0 unspecified atom stereocenters. The molecule has 1 N–H and O–H groups in total. The zero-order chi connectivity index (χ0) is 13.4. The molecule has 100 valence electrons. The quantitative estimate of drug-likeness (QED) is 0.769. The summed E-state index contributed by atoms with van der Waals surface area (Å²) in [7, 11) is 3.21. The second-order valence-electron chi connectivity index (χ2n) is 4.19. The van der Waals surface area contributed by atoms with Gasteiger partial charge in [0.25, 0.3) is 0 Å². The summed E-state index contributed by atoms with van der Waals surface area (Å²) in [5.74, 6) is -0.138. The Balaban J connectivity index is 2.41. The van der Waals surface area contributed by atoms with E-state index in [1.165, 1.54) is 6.08 Å². The summed E-state index contributed by atoms with van der Waals surface area (Å²) < 4.78 is 10.4. The maximum Gasteiger partial charge on any atom is 0.244 e.